The number of benzene rings is 2. The average molecular weight is 371 g/mol. The Kier molecular flexibility index (Phi) is 5.18. The lowest BCUT2D eigenvalue weighted by atomic mass is 10.1. The highest BCUT2D eigenvalue weighted by Gasteiger charge is 2.34. The molecule has 0 aromatic heterocycles. The molecule has 0 atom stereocenters. The molecule has 2 N–H and O–H groups in total. The van der Waals surface area contributed by atoms with Crippen molar-refractivity contribution in [1.82, 2.24) is 4.90 Å². The average Bonchev–Trinajstić information content (AvgIpc) is 2.86. The molecule has 0 bridgehead atoms. The van der Waals surface area contributed by atoms with Crippen molar-refractivity contribution < 1.29 is 24.5 Å². The standard InChI is InChI=1S/C19H17NO5S/c1-12-2-6-15(7-3-12)25-9-8-20-18(23)17(26-19(20)24)10-13-4-5-14(21)11-16(13)22/h2-7,10-11,21-22H,8-9H2,1H3/b17-10-. The zero-order valence-electron chi connectivity index (χ0n) is 14.0. The van der Waals surface area contributed by atoms with E-state index in [0.717, 1.165) is 22.2 Å². The SMILES string of the molecule is Cc1ccc(OCCN2C(=O)S/C(=C\c3ccc(O)cc3O)C2=O)cc1. The smallest absolute Gasteiger partial charge is 0.293 e. The van der Waals surface area contributed by atoms with Gasteiger partial charge in [0.2, 0.25) is 0 Å². The lowest BCUT2D eigenvalue weighted by molar-refractivity contribution is -0.123. The third-order valence-corrected chi connectivity index (χ3v) is 4.69. The Morgan fingerprint density at radius 2 is 1.85 bits per heavy atom. The number of hydrogen-bond acceptors (Lipinski definition) is 6. The molecule has 1 heterocycles. The van der Waals surface area contributed by atoms with Crippen LogP contribution in [0.4, 0.5) is 4.79 Å². The fourth-order valence-electron chi connectivity index (χ4n) is 2.38. The van der Waals surface area contributed by atoms with Gasteiger partial charge in [0, 0.05) is 11.6 Å². The van der Waals surface area contributed by atoms with Crippen molar-refractivity contribution in [1.29, 1.82) is 0 Å². The maximum absolute atomic E-state index is 12.4. The van der Waals surface area contributed by atoms with Gasteiger partial charge >= 0.3 is 0 Å². The van der Waals surface area contributed by atoms with Gasteiger partial charge in [0.1, 0.15) is 23.9 Å². The molecule has 7 heteroatoms. The second kappa shape index (κ2) is 7.53. The minimum atomic E-state index is -0.431. The van der Waals surface area contributed by atoms with Crippen molar-refractivity contribution >= 4 is 29.0 Å². The van der Waals surface area contributed by atoms with Crippen LogP contribution in [0.5, 0.6) is 17.2 Å². The summed E-state index contributed by atoms with van der Waals surface area (Å²) in [5.41, 5.74) is 1.47. The van der Waals surface area contributed by atoms with E-state index in [0.29, 0.717) is 11.3 Å². The molecule has 0 unspecified atom stereocenters. The zero-order valence-corrected chi connectivity index (χ0v) is 14.8. The van der Waals surface area contributed by atoms with Gasteiger partial charge in [-0.2, -0.15) is 0 Å². The molecular formula is C19H17NO5S. The van der Waals surface area contributed by atoms with E-state index >= 15 is 0 Å². The number of imide groups is 1. The van der Waals surface area contributed by atoms with E-state index in [1.807, 2.05) is 31.2 Å². The molecular weight excluding hydrogens is 354 g/mol. The summed E-state index contributed by atoms with van der Waals surface area (Å²) in [6, 6.07) is 11.5. The van der Waals surface area contributed by atoms with E-state index in [1.165, 1.54) is 24.3 Å². The number of aromatic hydroxyl groups is 2. The van der Waals surface area contributed by atoms with Crippen molar-refractivity contribution in [3.05, 3.63) is 58.5 Å². The van der Waals surface area contributed by atoms with Gasteiger partial charge in [-0.15, -0.1) is 0 Å². The number of thioether (sulfide) groups is 1. The van der Waals surface area contributed by atoms with Gasteiger partial charge in [-0.3, -0.25) is 14.5 Å². The van der Waals surface area contributed by atoms with Crippen LogP contribution in [-0.4, -0.2) is 39.4 Å². The monoisotopic (exact) mass is 371 g/mol. The highest BCUT2D eigenvalue weighted by molar-refractivity contribution is 8.18. The Hall–Kier alpha value is -2.93. The molecule has 134 valence electrons. The van der Waals surface area contributed by atoms with Crippen LogP contribution < -0.4 is 4.74 Å². The molecule has 1 aliphatic heterocycles. The van der Waals surface area contributed by atoms with E-state index < -0.39 is 5.91 Å². The first kappa shape index (κ1) is 17.9. The number of phenols is 2. The number of phenolic OH excluding ortho intramolecular Hbond substituents is 2. The molecule has 0 radical (unpaired) electrons. The summed E-state index contributed by atoms with van der Waals surface area (Å²) in [6.07, 6.45) is 1.43. The molecule has 2 aromatic rings. The minimum absolute atomic E-state index is 0.0824. The zero-order chi connectivity index (χ0) is 18.7. The van der Waals surface area contributed by atoms with Gasteiger partial charge in [0.05, 0.1) is 11.4 Å². The number of nitrogens with zero attached hydrogens (tertiary/aromatic N) is 1. The van der Waals surface area contributed by atoms with Crippen LogP contribution in [0.25, 0.3) is 6.08 Å². The van der Waals surface area contributed by atoms with E-state index in [1.54, 1.807) is 0 Å². The van der Waals surface area contributed by atoms with E-state index in [-0.39, 0.29) is 34.8 Å². The topological polar surface area (TPSA) is 87.1 Å². The highest BCUT2D eigenvalue weighted by Crippen LogP contribution is 2.34. The number of hydrogen-bond donors (Lipinski definition) is 2. The quantitative estimate of drug-likeness (QED) is 0.782. The predicted octanol–water partition coefficient (Wildman–Crippen LogP) is 3.52. The van der Waals surface area contributed by atoms with E-state index in [2.05, 4.69) is 0 Å². The Morgan fingerprint density at radius 3 is 2.54 bits per heavy atom. The van der Waals surface area contributed by atoms with Gasteiger partial charge < -0.3 is 14.9 Å². The van der Waals surface area contributed by atoms with Crippen LogP contribution >= 0.6 is 11.8 Å². The highest BCUT2D eigenvalue weighted by atomic mass is 32.2. The first-order valence-corrected chi connectivity index (χ1v) is 8.72. The van der Waals surface area contributed by atoms with Crippen molar-refractivity contribution in [2.75, 3.05) is 13.2 Å². The van der Waals surface area contributed by atoms with Crippen LogP contribution in [0, 0.1) is 6.92 Å². The summed E-state index contributed by atoms with van der Waals surface area (Å²) >= 11 is 0.807. The first-order valence-electron chi connectivity index (χ1n) is 7.91. The van der Waals surface area contributed by atoms with Crippen molar-refractivity contribution in [2.24, 2.45) is 0 Å². The molecule has 2 amide bonds. The number of rotatable bonds is 5. The Morgan fingerprint density at radius 1 is 1.12 bits per heavy atom. The summed E-state index contributed by atoms with van der Waals surface area (Å²) in [4.78, 5) is 25.8. The number of aryl methyl sites for hydroxylation is 1. The second-order valence-corrected chi connectivity index (χ2v) is 6.73. The summed E-state index contributed by atoms with van der Waals surface area (Å²) < 4.78 is 5.56. The molecule has 0 aliphatic carbocycles. The maximum atomic E-state index is 12.4. The molecule has 0 spiro atoms. The third kappa shape index (κ3) is 4.00. The molecule has 1 fully saturated rings. The Bertz CT molecular complexity index is 876. The molecule has 6 nitrogen and oxygen atoms in total. The molecule has 2 aromatic carbocycles. The van der Waals surface area contributed by atoms with Gasteiger partial charge in [-0.1, -0.05) is 17.7 Å². The number of carbonyl (C=O) groups excluding carboxylic acids is 2. The largest absolute Gasteiger partial charge is 0.508 e. The molecule has 0 saturated carbocycles. The maximum Gasteiger partial charge on any atom is 0.293 e. The summed E-state index contributed by atoms with van der Waals surface area (Å²) in [5.74, 6) is -0.00683. The Labute approximate surface area is 154 Å². The first-order chi connectivity index (χ1) is 12.4. The van der Waals surface area contributed by atoms with Crippen LogP contribution in [0.1, 0.15) is 11.1 Å². The minimum Gasteiger partial charge on any atom is -0.508 e. The fourth-order valence-corrected chi connectivity index (χ4v) is 3.23. The predicted molar refractivity (Wildman–Crippen MR) is 99.1 cm³/mol. The Balaban J connectivity index is 1.64. The third-order valence-electron chi connectivity index (χ3n) is 3.78. The lowest BCUT2D eigenvalue weighted by Crippen LogP contribution is -2.32. The number of amides is 2. The van der Waals surface area contributed by atoms with E-state index in [9.17, 15) is 19.8 Å². The van der Waals surface area contributed by atoms with Crippen LogP contribution in [-0.2, 0) is 4.79 Å². The lowest BCUT2D eigenvalue weighted by Gasteiger charge is -2.13. The van der Waals surface area contributed by atoms with Crippen molar-refractivity contribution in [3.8, 4) is 17.2 Å². The van der Waals surface area contributed by atoms with Gasteiger partial charge in [0.15, 0.2) is 0 Å². The summed E-state index contributed by atoms with van der Waals surface area (Å²) in [5, 5.41) is 18.7. The van der Waals surface area contributed by atoms with Crippen LogP contribution in [0.2, 0.25) is 0 Å². The number of carbonyl (C=O) groups is 2. The van der Waals surface area contributed by atoms with Gasteiger partial charge in [-0.25, -0.2) is 0 Å². The second-order valence-electron chi connectivity index (χ2n) is 5.74. The summed E-state index contributed by atoms with van der Waals surface area (Å²) in [6.45, 7) is 2.30. The summed E-state index contributed by atoms with van der Waals surface area (Å²) in [7, 11) is 0. The molecule has 1 saturated heterocycles. The van der Waals surface area contributed by atoms with E-state index in [4.69, 9.17) is 4.74 Å². The number of ether oxygens (including phenoxy) is 1. The molecule has 1 aliphatic rings. The molecule has 3 rings (SSSR count). The van der Waals surface area contributed by atoms with Crippen LogP contribution in [0.15, 0.2) is 47.4 Å². The van der Waals surface area contributed by atoms with Crippen molar-refractivity contribution in [3.63, 3.8) is 0 Å². The fraction of sp³-hybridized carbons (Fsp3) is 0.158. The van der Waals surface area contributed by atoms with Gasteiger partial charge in [0.25, 0.3) is 11.1 Å². The van der Waals surface area contributed by atoms with Gasteiger partial charge in [-0.05, 0) is 49.0 Å². The molecule has 26 heavy (non-hydrogen) atoms. The normalized spacial score (nSPS) is 15.7. The van der Waals surface area contributed by atoms with Crippen LogP contribution in [0.3, 0.4) is 0 Å². The van der Waals surface area contributed by atoms with Crippen molar-refractivity contribution in [2.45, 2.75) is 6.92 Å².